The van der Waals surface area contributed by atoms with Crippen molar-refractivity contribution in [3.05, 3.63) is 78.1 Å². The Balaban J connectivity index is 1.74. The van der Waals surface area contributed by atoms with Gasteiger partial charge in [-0.05, 0) is 63.2 Å². The highest BCUT2D eigenvalue weighted by Crippen LogP contribution is 2.26. The summed E-state index contributed by atoms with van der Waals surface area (Å²) in [7, 11) is 0. The number of carbonyl (C=O) groups is 2. The number of Topliss-reactive ketones (excluding diaryl/α,β-unsaturated/α-hetero) is 1. The van der Waals surface area contributed by atoms with Crippen LogP contribution in [0.1, 0.15) is 41.5 Å². The highest BCUT2D eigenvalue weighted by atomic mass is 16.5. The fraction of sp³-hybridized carbons (Fsp3) is 0.174. The number of hydrogen-bond acceptors (Lipinski definition) is 5. The van der Waals surface area contributed by atoms with E-state index in [1.807, 2.05) is 44.2 Å². The van der Waals surface area contributed by atoms with E-state index in [2.05, 4.69) is 15.6 Å². The Morgan fingerprint density at radius 2 is 1.66 bits per heavy atom. The third-order valence-electron chi connectivity index (χ3n) is 4.08. The van der Waals surface area contributed by atoms with Gasteiger partial charge >= 0.3 is 0 Å². The van der Waals surface area contributed by atoms with E-state index >= 15 is 0 Å². The van der Waals surface area contributed by atoms with E-state index < -0.39 is 0 Å². The number of hydrogen-bond donors (Lipinski definition) is 2. The van der Waals surface area contributed by atoms with Crippen LogP contribution in [0.25, 0.3) is 0 Å². The van der Waals surface area contributed by atoms with Crippen molar-refractivity contribution >= 4 is 28.8 Å². The molecule has 0 radical (unpaired) electrons. The zero-order valence-electron chi connectivity index (χ0n) is 16.6. The monoisotopic (exact) mass is 389 g/mol. The maximum Gasteiger partial charge on any atom is 0.257 e. The number of nitrogens with one attached hydrogen (secondary N) is 2. The van der Waals surface area contributed by atoms with E-state index in [0.29, 0.717) is 28.3 Å². The number of benzene rings is 2. The van der Waals surface area contributed by atoms with Crippen LogP contribution >= 0.6 is 0 Å². The molecule has 0 atom stereocenters. The summed E-state index contributed by atoms with van der Waals surface area (Å²) in [5, 5.41) is 6.06. The standard InChI is InChI=1S/C23H23N3O3/c1-15(2)29-22-7-5-4-6-21(22)26-23(28)18-12-20(14-24-13-18)25-19-10-8-17(9-11-19)16(3)27/h4-15,25H,1-3H3,(H,26,28). The normalized spacial score (nSPS) is 10.5. The molecule has 2 aromatic carbocycles. The third kappa shape index (κ3) is 5.42. The van der Waals surface area contributed by atoms with E-state index in [4.69, 9.17) is 4.74 Å². The first-order valence-corrected chi connectivity index (χ1v) is 9.32. The Labute approximate surface area is 169 Å². The van der Waals surface area contributed by atoms with Crippen LogP contribution in [0.4, 0.5) is 17.1 Å². The summed E-state index contributed by atoms with van der Waals surface area (Å²) in [6.45, 7) is 5.39. The first kappa shape index (κ1) is 20.1. The number of ether oxygens (including phenoxy) is 1. The molecule has 1 heterocycles. The van der Waals surface area contributed by atoms with Crippen molar-refractivity contribution in [1.29, 1.82) is 0 Å². The van der Waals surface area contributed by atoms with Crippen molar-refractivity contribution in [2.24, 2.45) is 0 Å². The summed E-state index contributed by atoms with van der Waals surface area (Å²) in [5.74, 6) is 0.343. The van der Waals surface area contributed by atoms with Gasteiger partial charge < -0.3 is 15.4 Å². The van der Waals surface area contributed by atoms with Crippen LogP contribution in [0.3, 0.4) is 0 Å². The van der Waals surface area contributed by atoms with Crippen molar-refractivity contribution in [3.8, 4) is 5.75 Å². The minimum atomic E-state index is -0.284. The summed E-state index contributed by atoms with van der Waals surface area (Å²) in [6.07, 6.45) is 3.13. The molecule has 0 saturated carbocycles. The van der Waals surface area contributed by atoms with Crippen molar-refractivity contribution in [1.82, 2.24) is 4.98 Å². The van der Waals surface area contributed by atoms with Gasteiger partial charge in [-0.15, -0.1) is 0 Å². The van der Waals surface area contributed by atoms with Gasteiger partial charge in [0.2, 0.25) is 0 Å². The van der Waals surface area contributed by atoms with Crippen molar-refractivity contribution in [3.63, 3.8) is 0 Å². The molecule has 6 heteroatoms. The van der Waals surface area contributed by atoms with Gasteiger partial charge in [-0.2, -0.15) is 0 Å². The molecular formula is C23H23N3O3. The molecule has 6 nitrogen and oxygen atoms in total. The molecule has 1 amide bonds. The molecular weight excluding hydrogens is 366 g/mol. The van der Waals surface area contributed by atoms with E-state index in [0.717, 1.165) is 5.69 Å². The first-order valence-electron chi connectivity index (χ1n) is 9.32. The van der Waals surface area contributed by atoms with Crippen LogP contribution in [0, 0.1) is 0 Å². The lowest BCUT2D eigenvalue weighted by Crippen LogP contribution is -2.15. The second-order valence-corrected chi connectivity index (χ2v) is 6.84. The Bertz CT molecular complexity index is 1010. The lowest BCUT2D eigenvalue weighted by atomic mass is 10.1. The molecule has 0 aliphatic carbocycles. The molecule has 148 valence electrons. The Morgan fingerprint density at radius 3 is 2.34 bits per heavy atom. The van der Waals surface area contributed by atoms with E-state index in [1.165, 1.54) is 13.1 Å². The molecule has 3 aromatic rings. The maximum absolute atomic E-state index is 12.7. The van der Waals surface area contributed by atoms with Gasteiger partial charge in [-0.3, -0.25) is 14.6 Å². The van der Waals surface area contributed by atoms with Gasteiger partial charge in [0.1, 0.15) is 5.75 Å². The fourth-order valence-electron chi connectivity index (χ4n) is 2.71. The largest absolute Gasteiger partial charge is 0.489 e. The van der Waals surface area contributed by atoms with Crippen molar-refractivity contribution < 1.29 is 14.3 Å². The third-order valence-corrected chi connectivity index (χ3v) is 4.08. The molecule has 0 spiro atoms. The highest BCUT2D eigenvalue weighted by molar-refractivity contribution is 6.05. The molecule has 0 bridgehead atoms. The minimum Gasteiger partial charge on any atom is -0.489 e. The van der Waals surface area contributed by atoms with Crippen LogP contribution in [0.15, 0.2) is 67.0 Å². The number of amides is 1. The van der Waals surface area contributed by atoms with Gasteiger partial charge in [-0.25, -0.2) is 0 Å². The number of anilines is 3. The van der Waals surface area contributed by atoms with E-state index in [-0.39, 0.29) is 17.8 Å². The minimum absolute atomic E-state index is 0.00311. The quantitative estimate of drug-likeness (QED) is 0.552. The number of nitrogens with zero attached hydrogens (tertiary/aromatic N) is 1. The molecule has 0 aliphatic rings. The van der Waals surface area contributed by atoms with Crippen LogP contribution < -0.4 is 15.4 Å². The van der Waals surface area contributed by atoms with Gasteiger partial charge in [0.15, 0.2) is 5.78 Å². The Morgan fingerprint density at radius 1 is 0.931 bits per heavy atom. The number of aromatic nitrogens is 1. The lowest BCUT2D eigenvalue weighted by molar-refractivity contribution is 0.101. The number of para-hydroxylation sites is 2. The molecule has 0 unspecified atom stereocenters. The SMILES string of the molecule is CC(=O)c1ccc(Nc2cncc(C(=O)Nc3ccccc3OC(C)C)c2)cc1. The van der Waals surface area contributed by atoms with Gasteiger partial charge in [0, 0.05) is 17.4 Å². The Kier molecular flexibility index (Phi) is 6.24. The highest BCUT2D eigenvalue weighted by Gasteiger charge is 2.12. The summed E-state index contributed by atoms with van der Waals surface area (Å²) in [4.78, 5) is 28.2. The van der Waals surface area contributed by atoms with Crippen LogP contribution in [0.5, 0.6) is 5.75 Å². The molecule has 2 N–H and O–H groups in total. The summed E-state index contributed by atoms with van der Waals surface area (Å²) in [6, 6.07) is 16.1. The average Bonchev–Trinajstić information content (AvgIpc) is 2.69. The van der Waals surface area contributed by atoms with Crippen LogP contribution in [0.2, 0.25) is 0 Å². The topological polar surface area (TPSA) is 80.3 Å². The van der Waals surface area contributed by atoms with Crippen molar-refractivity contribution in [2.45, 2.75) is 26.9 Å². The Hall–Kier alpha value is -3.67. The number of ketones is 1. The lowest BCUT2D eigenvalue weighted by Gasteiger charge is -2.15. The molecule has 1 aromatic heterocycles. The summed E-state index contributed by atoms with van der Waals surface area (Å²) < 4.78 is 5.74. The molecule has 0 fully saturated rings. The van der Waals surface area contributed by atoms with Gasteiger partial charge in [0.25, 0.3) is 5.91 Å². The number of carbonyl (C=O) groups excluding carboxylic acids is 2. The average molecular weight is 389 g/mol. The second kappa shape index (κ2) is 9.01. The zero-order valence-corrected chi connectivity index (χ0v) is 16.6. The summed E-state index contributed by atoms with van der Waals surface area (Å²) in [5.41, 5.74) is 3.12. The second-order valence-electron chi connectivity index (χ2n) is 6.84. The number of pyridine rings is 1. The summed E-state index contributed by atoms with van der Waals surface area (Å²) >= 11 is 0. The van der Waals surface area contributed by atoms with Gasteiger partial charge in [0.05, 0.1) is 29.2 Å². The predicted molar refractivity (Wildman–Crippen MR) is 114 cm³/mol. The predicted octanol–water partition coefficient (Wildman–Crippen LogP) is 5.07. The van der Waals surface area contributed by atoms with E-state index in [9.17, 15) is 9.59 Å². The van der Waals surface area contributed by atoms with Crippen LogP contribution in [-0.4, -0.2) is 22.8 Å². The number of rotatable bonds is 7. The molecule has 0 aliphatic heterocycles. The molecule has 3 rings (SSSR count). The van der Waals surface area contributed by atoms with Crippen LogP contribution in [-0.2, 0) is 0 Å². The zero-order chi connectivity index (χ0) is 20.8. The van der Waals surface area contributed by atoms with Crippen molar-refractivity contribution in [2.75, 3.05) is 10.6 Å². The maximum atomic E-state index is 12.7. The first-order chi connectivity index (χ1) is 13.9. The van der Waals surface area contributed by atoms with E-state index in [1.54, 1.807) is 30.5 Å². The molecule has 29 heavy (non-hydrogen) atoms. The van der Waals surface area contributed by atoms with Gasteiger partial charge in [-0.1, -0.05) is 12.1 Å². The smallest absolute Gasteiger partial charge is 0.257 e. The fourth-order valence-corrected chi connectivity index (χ4v) is 2.71. The molecule has 0 saturated heterocycles.